The number of nitrogens with zero attached hydrogens (tertiary/aromatic N) is 1. The fraction of sp³-hybridized carbons (Fsp3) is 0.240. The first-order valence-corrected chi connectivity index (χ1v) is 12.1. The molecule has 0 amide bonds. The minimum Gasteiger partial charge on any atom is -0.284 e. The Labute approximate surface area is 189 Å². The molecule has 0 atom stereocenters. The summed E-state index contributed by atoms with van der Waals surface area (Å²) < 4.78 is 28.6. The average molecular weight is 453 g/mol. The minimum atomic E-state index is -3.70. The van der Waals surface area contributed by atoms with Crippen molar-refractivity contribution in [2.45, 2.75) is 37.5 Å². The van der Waals surface area contributed by atoms with Gasteiger partial charge >= 0.3 is 0 Å². The zero-order valence-corrected chi connectivity index (χ0v) is 19.4. The van der Waals surface area contributed by atoms with Crippen LogP contribution in [-0.4, -0.2) is 20.7 Å². The molecule has 1 aliphatic rings. The molecule has 0 saturated heterocycles. The predicted octanol–water partition coefficient (Wildman–Crippen LogP) is 5.83. The fourth-order valence-corrected chi connectivity index (χ4v) is 4.91. The van der Waals surface area contributed by atoms with Crippen LogP contribution in [0.4, 0.5) is 5.69 Å². The largest absolute Gasteiger partial charge is 0.284 e. The Morgan fingerprint density at radius 1 is 0.968 bits per heavy atom. The molecule has 1 aliphatic heterocycles. The van der Waals surface area contributed by atoms with E-state index < -0.39 is 10.0 Å². The summed E-state index contributed by atoms with van der Waals surface area (Å²) in [5.74, 6) is 0. The number of benzene rings is 3. The Morgan fingerprint density at radius 3 is 2.42 bits per heavy atom. The van der Waals surface area contributed by atoms with Crippen LogP contribution in [0.15, 0.2) is 76.6 Å². The van der Waals surface area contributed by atoms with Crippen LogP contribution in [0.3, 0.4) is 0 Å². The van der Waals surface area contributed by atoms with E-state index in [4.69, 9.17) is 16.6 Å². The predicted molar refractivity (Wildman–Crippen MR) is 128 cm³/mol. The summed E-state index contributed by atoms with van der Waals surface area (Å²) >= 11 is 6.21. The smallest absolute Gasteiger partial charge is 0.261 e. The summed E-state index contributed by atoms with van der Waals surface area (Å²) in [6, 6.07) is 20.2. The lowest BCUT2D eigenvalue weighted by molar-refractivity contribution is 0.587. The molecule has 0 aromatic heterocycles. The van der Waals surface area contributed by atoms with Gasteiger partial charge in [-0.25, -0.2) is 8.42 Å². The molecule has 0 aliphatic carbocycles. The van der Waals surface area contributed by atoms with Crippen molar-refractivity contribution in [1.82, 2.24) is 0 Å². The van der Waals surface area contributed by atoms with Crippen molar-refractivity contribution in [3.63, 3.8) is 0 Å². The van der Waals surface area contributed by atoms with E-state index in [9.17, 15) is 8.42 Å². The molecule has 160 valence electrons. The van der Waals surface area contributed by atoms with Gasteiger partial charge in [-0.1, -0.05) is 62.7 Å². The van der Waals surface area contributed by atoms with E-state index in [0.29, 0.717) is 17.3 Å². The number of anilines is 1. The zero-order chi connectivity index (χ0) is 22.2. The third-order valence-corrected chi connectivity index (χ3v) is 7.03. The van der Waals surface area contributed by atoms with E-state index in [0.717, 1.165) is 28.8 Å². The van der Waals surface area contributed by atoms with Gasteiger partial charge in [0.1, 0.15) is 0 Å². The second-order valence-corrected chi connectivity index (χ2v) is 10.9. The normalized spacial score (nSPS) is 14.0. The van der Waals surface area contributed by atoms with Crippen molar-refractivity contribution >= 4 is 33.0 Å². The molecule has 0 spiro atoms. The van der Waals surface area contributed by atoms with Gasteiger partial charge in [0.2, 0.25) is 0 Å². The Bertz CT molecular complexity index is 1260. The van der Waals surface area contributed by atoms with Gasteiger partial charge < -0.3 is 0 Å². The third-order valence-electron chi connectivity index (χ3n) is 5.40. The average Bonchev–Trinajstić information content (AvgIpc) is 2.72. The van der Waals surface area contributed by atoms with Crippen LogP contribution >= 0.6 is 11.6 Å². The topological polar surface area (TPSA) is 58.5 Å². The van der Waals surface area contributed by atoms with Crippen LogP contribution in [0.25, 0.3) is 0 Å². The van der Waals surface area contributed by atoms with Crippen molar-refractivity contribution < 1.29 is 8.42 Å². The maximum absolute atomic E-state index is 12.9. The fourth-order valence-electron chi connectivity index (χ4n) is 3.69. The molecule has 31 heavy (non-hydrogen) atoms. The molecule has 3 aromatic carbocycles. The molecule has 1 heterocycles. The summed E-state index contributed by atoms with van der Waals surface area (Å²) in [7, 11) is -3.70. The molecule has 0 bridgehead atoms. The van der Waals surface area contributed by atoms with Gasteiger partial charge in [-0.2, -0.15) is 0 Å². The van der Waals surface area contributed by atoms with Gasteiger partial charge in [0, 0.05) is 28.4 Å². The Hall–Kier alpha value is -2.63. The van der Waals surface area contributed by atoms with Gasteiger partial charge in [-0.05, 0) is 59.4 Å². The van der Waals surface area contributed by atoms with Crippen molar-refractivity contribution in [2.24, 2.45) is 4.99 Å². The van der Waals surface area contributed by atoms with Gasteiger partial charge in [0.25, 0.3) is 10.0 Å². The molecule has 1 N–H and O–H groups in total. The highest BCUT2D eigenvalue weighted by Gasteiger charge is 2.20. The summed E-state index contributed by atoms with van der Waals surface area (Å²) in [5.41, 5.74) is 5.42. The van der Waals surface area contributed by atoms with Gasteiger partial charge in [-0.15, -0.1) is 0 Å². The molecule has 4 rings (SSSR count). The van der Waals surface area contributed by atoms with Crippen LogP contribution in [0.5, 0.6) is 0 Å². The number of hydrogen-bond acceptors (Lipinski definition) is 3. The van der Waals surface area contributed by atoms with Crippen molar-refractivity contribution in [3.8, 4) is 0 Å². The molecular formula is C25H25ClN2O2S. The molecule has 0 fully saturated rings. The number of rotatable bonds is 4. The van der Waals surface area contributed by atoms with Crippen molar-refractivity contribution in [3.05, 3.63) is 94.0 Å². The second-order valence-electron chi connectivity index (χ2n) is 8.74. The SMILES string of the molecule is CC(C)(C)c1ccc(S(=O)(=O)Nc2cccc(C3=NCCc4ccc(Cl)cc43)c2)cc1. The first kappa shape index (κ1) is 21.6. The number of halogens is 1. The van der Waals surface area contributed by atoms with Gasteiger partial charge in [0.05, 0.1) is 10.6 Å². The standard InChI is InChI=1S/C25H25ClN2O2S/c1-25(2,3)19-8-11-22(12-9-19)31(29,30)28-21-6-4-5-18(15-21)24-23-16-20(26)10-7-17(23)13-14-27-24/h4-12,15-16,28H,13-14H2,1-3H3. The van der Waals surface area contributed by atoms with Crippen LogP contribution in [0, 0.1) is 0 Å². The third kappa shape index (κ3) is 4.68. The Balaban J connectivity index is 1.62. The van der Waals surface area contributed by atoms with E-state index in [2.05, 4.69) is 25.5 Å². The van der Waals surface area contributed by atoms with Gasteiger partial charge in [-0.3, -0.25) is 9.71 Å². The summed E-state index contributed by atoms with van der Waals surface area (Å²) in [6.45, 7) is 6.98. The lowest BCUT2D eigenvalue weighted by Crippen LogP contribution is -2.16. The summed E-state index contributed by atoms with van der Waals surface area (Å²) in [6.07, 6.45) is 0.868. The molecule has 0 saturated carbocycles. The van der Waals surface area contributed by atoms with E-state index >= 15 is 0 Å². The second kappa shape index (κ2) is 8.13. The highest BCUT2D eigenvalue weighted by molar-refractivity contribution is 7.92. The number of aliphatic imine (C=N–C) groups is 1. The van der Waals surface area contributed by atoms with Crippen molar-refractivity contribution in [1.29, 1.82) is 0 Å². The van der Waals surface area contributed by atoms with Crippen LogP contribution < -0.4 is 4.72 Å². The number of nitrogens with one attached hydrogen (secondary N) is 1. The van der Waals surface area contributed by atoms with E-state index in [1.807, 2.05) is 48.5 Å². The minimum absolute atomic E-state index is 0.0377. The quantitative estimate of drug-likeness (QED) is 0.541. The van der Waals surface area contributed by atoms with Crippen LogP contribution in [0.2, 0.25) is 5.02 Å². The van der Waals surface area contributed by atoms with E-state index in [-0.39, 0.29) is 10.3 Å². The molecule has 0 unspecified atom stereocenters. The van der Waals surface area contributed by atoms with E-state index in [1.54, 1.807) is 18.2 Å². The maximum atomic E-state index is 12.9. The first-order valence-electron chi connectivity index (χ1n) is 10.2. The highest BCUT2D eigenvalue weighted by Crippen LogP contribution is 2.27. The number of sulfonamides is 1. The molecule has 6 heteroatoms. The van der Waals surface area contributed by atoms with Gasteiger partial charge in [0.15, 0.2) is 0 Å². The number of hydrogen-bond donors (Lipinski definition) is 1. The lowest BCUT2D eigenvalue weighted by atomic mass is 9.87. The monoisotopic (exact) mass is 452 g/mol. The lowest BCUT2D eigenvalue weighted by Gasteiger charge is -2.19. The Morgan fingerprint density at radius 2 is 1.71 bits per heavy atom. The van der Waals surface area contributed by atoms with E-state index in [1.165, 1.54) is 5.56 Å². The van der Waals surface area contributed by atoms with Crippen LogP contribution in [-0.2, 0) is 21.9 Å². The molecule has 4 nitrogen and oxygen atoms in total. The first-order chi connectivity index (χ1) is 14.6. The maximum Gasteiger partial charge on any atom is 0.261 e. The Kier molecular flexibility index (Phi) is 5.67. The highest BCUT2D eigenvalue weighted by atomic mass is 35.5. The zero-order valence-electron chi connectivity index (χ0n) is 17.8. The molecular weight excluding hydrogens is 428 g/mol. The molecule has 3 aromatic rings. The molecule has 0 radical (unpaired) electrons. The van der Waals surface area contributed by atoms with Crippen LogP contribution in [0.1, 0.15) is 43.0 Å². The summed E-state index contributed by atoms with van der Waals surface area (Å²) in [4.78, 5) is 4.93. The number of fused-ring (bicyclic) bond motifs is 1. The summed E-state index contributed by atoms with van der Waals surface area (Å²) in [5, 5.41) is 0.656. The van der Waals surface area contributed by atoms with Crippen molar-refractivity contribution in [2.75, 3.05) is 11.3 Å².